The molecule has 0 unspecified atom stereocenters. The molecule has 8 heteroatoms. The van der Waals surface area contributed by atoms with E-state index in [1.165, 1.54) is 6.33 Å². The highest BCUT2D eigenvalue weighted by Crippen LogP contribution is 2.21. The maximum atomic E-state index is 11.8. The molecule has 1 amide bonds. The van der Waals surface area contributed by atoms with E-state index in [9.17, 15) is 4.79 Å². The number of nitrogens with two attached hydrogens (primary N) is 1. The summed E-state index contributed by atoms with van der Waals surface area (Å²) in [5, 5.41) is 2.93. The fraction of sp³-hybridized carbons (Fsp3) is 0.455. The molecule has 4 N–H and O–H groups in total. The van der Waals surface area contributed by atoms with Gasteiger partial charge in [0.25, 0.3) is 0 Å². The van der Waals surface area contributed by atoms with Crippen molar-refractivity contribution >= 4 is 28.8 Å². The number of carbonyl (C=O) groups is 1. The number of rotatable bonds is 4. The van der Waals surface area contributed by atoms with E-state index in [1.807, 2.05) is 0 Å². The smallest absolute Gasteiger partial charge is 0.239 e. The van der Waals surface area contributed by atoms with Crippen molar-refractivity contribution in [1.29, 1.82) is 0 Å². The molecule has 2 aromatic heterocycles. The molecular formula is C11H15N7O. The van der Waals surface area contributed by atoms with Crippen LogP contribution in [-0.4, -0.2) is 45.5 Å². The number of H-pyrrole nitrogens is 1. The van der Waals surface area contributed by atoms with E-state index < -0.39 is 0 Å². The van der Waals surface area contributed by atoms with Gasteiger partial charge in [-0.1, -0.05) is 0 Å². The van der Waals surface area contributed by atoms with Gasteiger partial charge in [-0.3, -0.25) is 4.79 Å². The highest BCUT2D eigenvalue weighted by atomic mass is 16.2. The fourth-order valence-corrected chi connectivity index (χ4v) is 1.90. The quantitative estimate of drug-likeness (QED) is 0.693. The lowest BCUT2D eigenvalue weighted by atomic mass is 10.4. The van der Waals surface area contributed by atoms with Crippen LogP contribution in [0.5, 0.6) is 0 Å². The molecule has 1 aliphatic rings. The standard InChI is InChI=1S/C11H15N7O/c1-18(4-7(19)15-6-2-3-6)10-8-9(14-5-13-8)16-11(12)17-10/h5-6H,2-4H2,1H3,(H,15,19)(H3,12,13,14,16,17). The van der Waals surface area contributed by atoms with Gasteiger partial charge in [-0.2, -0.15) is 9.97 Å². The first kappa shape index (κ1) is 11.7. The lowest BCUT2D eigenvalue weighted by molar-refractivity contribution is -0.119. The summed E-state index contributed by atoms with van der Waals surface area (Å²) < 4.78 is 0. The van der Waals surface area contributed by atoms with E-state index in [2.05, 4.69) is 25.3 Å². The molecule has 0 aliphatic heterocycles. The van der Waals surface area contributed by atoms with Gasteiger partial charge in [0.1, 0.15) is 5.52 Å². The summed E-state index contributed by atoms with van der Waals surface area (Å²) >= 11 is 0. The summed E-state index contributed by atoms with van der Waals surface area (Å²) in [6, 6.07) is 0.351. The summed E-state index contributed by atoms with van der Waals surface area (Å²) in [6.45, 7) is 0.223. The van der Waals surface area contributed by atoms with Crippen molar-refractivity contribution < 1.29 is 4.79 Å². The number of likely N-dealkylation sites (N-methyl/N-ethyl adjacent to an activating group) is 1. The number of nitrogens with zero attached hydrogens (tertiary/aromatic N) is 4. The Hall–Kier alpha value is -2.38. The molecule has 0 saturated heterocycles. The first-order valence-electron chi connectivity index (χ1n) is 6.10. The monoisotopic (exact) mass is 261 g/mol. The number of aromatic nitrogens is 4. The average Bonchev–Trinajstić information content (AvgIpc) is 3.03. The Morgan fingerprint density at radius 1 is 1.58 bits per heavy atom. The van der Waals surface area contributed by atoms with E-state index in [0.717, 1.165) is 12.8 Å². The van der Waals surface area contributed by atoms with Crippen molar-refractivity contribution in [3.8, 4) is 0 Å². The maximum absolute atomic E-state index is 11.8. The number of fused-ring (bicyclic) bond motifs is 1. The zero-order chi connectivity index (χ0) is 13.4. The second kappa shape index (κ2) is 4.38. The number of nitrogen functional groups attached to an aromatic ring is 1. The number of aromatic amines is 1. The molecule has 0 bridgehead atoms. The van der Waals surface area contributed by atoms with Gasteiger partial charge in [0.2, 0.25) is 11.9 Å². The summed E-state index contributed by atoms with van der Waals surface area (Å²) in [4.78, 5) is 28.7. The van der Waals surface area contributed by atoms with Crippen molar-refractivity contribution in [3.05, 3.63) is 6.33 Å². The molecule has 100 valence electrons. The van der Waals surface area contributed by atoms with Gasteiger partial charge in [-0.25, -0.2) is 4.98 Å². The first-order chi connectivity index (χ1) is 9.13. The van der Waals surface area contributed by atoms with Crippen molar-refractivity contribution in [2.45, 2.75) is 18.9 Å². The summed E-state index contributed by atoms with van der Waals surface area (Å²) in [5.41, 5.74) is 6.81. The minimum absolute atomic E-state index is 0.0187. The Kier molecular flexibility index (Phi) is 2.69. The summed E-state index contributed by atoms with van der Waals surface area (Å²) in [7, 11) is 1.79. The van der Waals surface area contributed by atoms with Crippen LogP contribution in [0.15, 0.2) is 6.33 Å². The van der Waals surface area contributed by atoms with Crippen molar-refractivity contribution in [1.82, 2.24) is 25.3 Å². The zero-order valence-corrected chi connectivity index (χ0v) is 10.6. The maximum Gasteiger partial charge on any atom is 0.239 e. The molecule has 0 spiro atoms. The SMILES string of the molecule is CN(CC(=O)NC1CC1)c1nc(N)nc2nc[nH]c12. The molecule has 1 saturated carbocycles. The van der Waals surface area contributed by atoms with Crippen LogP contribution in [0.25, 0.3) is 11.2 Å². The normalized spacial score (nSPS) is 14.6. The third kappa shape index (κ3) is 2.42. The van der Waals surface area contributed by atoms with Crippen LogP contribution in [0.2, 0.25) is 0 Å². The molecular weight excluding hydrogens is 246 g/mol. The Morgan fingerprint density at radius 2 is 2.37 bits per heavy atom. The third-order valence-corrected chi connectivity index (χ3v) is 2.97. The van der Waals surface area contributed by atoms with Gasteiger partial charge in [0, 0.05) is 13.1 Å². The van der Waals surface area contributed by atoms with Gasteiger partial charge >= 0.3 is 0 Å². The Balaban J connectivity index is 1.81. The highest BCUT2D eigenvalue weighted by Gasteiger charge is 2.24. The number of nitrogens with one attached hydrogen (secondary N) is 2. The second-order valence-electron chi connectivity index (χ2n) is 4.70. The molecule has 8 nitrogen and oxygen atoms in total. The number of anilines is 2. The molecule has 2 aromatic rings. The average molecular weight is 261 g/mol. The van der Waals surface area contributed by atoms with Crippen LogP contribution in [0.3, 0.4) is 0 Å². The number of imidazole rings is 1. The Bertz CT molecular complexity index is 619. The Morgan fingerprint density at radius 3 is 3.11 bits per heavy atom. The van der Waals surface area contributed by atoms with Gasteiger partial charge in [0.05, 0.1) is 12.9 Å². The predicted octanol–water partition coefficient (Wildman–Crippen LogP) is -0.350. The molecule has 3 rings (SSSR count). The largest absolute Gasteiger partial charge is 0.368 e. The fourth-order valence-electron chi connectivity index (χ4n) is 1.90. The third-order valence-electron chi connectivity index (χ3n) is 2.97. The van der Waals surface area contributed by atoms with Gasteiger partial charge < -0.3 is 20.9 Å². The molecule has 0 atom stereocenters. The van der Waals surface area contributed by atoms with E-state index in [1.54, 1.807) is 11.9 Å². The lowest BCUT2D eigenvalue weighted by Gasteiger charge is -2.18. The lowest BCUT2D eigenvalue weighted by Crippen LogP contribution is -2.36. The van der Waals surface area contributed by atoms with Crippen LogP contribution < -0.4 is 16.0 Å². The molecule has 19 heavy (non-hydrogen) atoms. The summed E-state index contributed by atoms with van der Waals surface area (Å²) in [6.07, 6.45) is 3.67. The molecule has 1 aliphatic carbocycles. The van der Waals surface area contributed by atoms with E-state index in [-0.39, 0.29) is 18.4 Å². The number of amides is 1. The van der Waals surface area contributed by atoms with E-state index in [0.29, 0.717) is 23.0 Å². The van der Waals surface area contributed by atoms with Gasteiger partial charge in [0.15, 0.2) is 11.5 Å². The van der Waals surface area contributed by atoms with Crippen molar-refractivity contribution in [2.24, 2.45) is 0 Å². The predicted molar refractivity (Wildman–Crippen MR) is 70.5 cm³/mol. The van der Waals surface area contributed by atoms with Crippen LogP contribution in [-0.2, 0) is 4.79 Å². The number of hydrogen-bond donors (Lipinski definition) is 3. The minimum atomic E-state index is -0.0187. The minimum Gasteiger partial charge on any atom is -0.368 e. The number of carbonyl (C=O) groups excluding carboxylic acids is 1. The van der Waals surface area contributed by atoms with Crippen LogP contribution in [0.4, 0.5) is 11.8 Å². The van der Waals surface area contributed by atoms with E-state index in [4.69, 9.17) is 5.73 Å². The molecule has 0 aromatic carbocycles. The number of hydrogen-bond acceptors (Lipinski definition) is 6. The van der Waals surface area contributed by atoms with Crippen molar-refractivity contribution in [2.75, 3.05) is 24.2 Å². The topological polar surface area (TPSA) is 113 Å². The van der Waals surface area contributed by atoms with E-state index >= 15 is 0 Å². The zero-order valence-electron chi connectivity index (χ0n) is 10.6. The molecule has 2 heterocycles. The van der Waals surface area contributed by atoms with Crippen molar-refractivity contribution in [3.63, 3.8) is 0 Å². The van der Waals surface area contributed by atoms with Crippen LogP contribution >= 0.6 is 0 Å². The summed E-state index contributed by atoms with van der Waals surface area (Å²) in [5.74, 6) is 0.699. The Labute approximate surface area is 109 Å². The van der Waals surface area contributed by atoms with Gasteiger partial charge in [-0.15, -0.1) is 0 Å². The van der Waals surface area contributed by atoms with Crippen LogP contribution in [0, 0.1) is 0 Å². The highest BCUT2D eigenvalue weighted by molar-refractivity contribution is 5.88. The van der Waals surface area contributed by atoms with Gasteiger partial charge in [-0.05, 0) is 12.8 Å². The van der Waals surface area contributed by atoms with Crippen LogP contribution in [0.1, 0.15) is 12.8 Å². The first-order valence-corrected chi connectivity index (χ1v) is 6.10. The molecule has 0 radical (unpaired) electrons. The second-order valence-corrected chi connectivity index (χ2v) is 4.70. The molecule has 1 fully saturated rings.